The molecule has 0 unspecified atom stereocenters. The Labute approximate surface area is 132 Å². The Kier molecular flexibility index (Phi) is 5.69. The van der Waals surface area contributed by atoms with Gasteiger partial charge in [-0.15, -0.1) is 5.10 Å². The van der Waals surface area contributed by atoms with Crippen LogP contribution >= 0.6 is 15.9 Å². The molecule has 7 heteroatoms. The van der Waals surface area contributed by atoms with Crippen molar-refractivity contribution in [3.8, 4) is 11.4 Å². The molecule has 0 radical (unpaired) electrons. The summed E-state index contributed by atoms with van der Waals surface area (Å²) in [5, 5.41) is 11.9. The highest BCUT2D eigenvalue weighted by Crippen LogP contribution is 2.24. The van der Waals surface area contributed by atoms with Crippen molar-refractivity contribution in [3.63, 3.8) is 0 Å². The molecule has 0 aliphatic carbocycles. The predicted molar refractivity (Wildman–Crippen MR) is 85.6 cm³/mol. The lowest BCUT2D eigenvalue weighted by molar-refractivity contribution is 0.105. The second-order valence-electron chi connectivity index (χ2n) is 5.32. The number of aromatic nitrogens is 4. The molecule has 0 amide bonds. The minimum absolute atomic E-state index is 0.554. The lowest BCUT2D eigenvalue weighted by Gasteiger charge is -2.08. The fraction of sp³-hybridized carbons (Fsp3) is 0.500. The molecule has 0 bridgehead atoms. The van der Waals surface area contributed by atoms with E-state index in [4.69, 9.17) is 10.5 Å². The van der Waals surface area contributed by atoms with Crippen LogP contribution in [0.3, 0.4) is 0 Å². The van der Waals surface area contributed by atoms with Gasteiger partial charge < -0.3 is 10.5 Å². The molecular formula is C14H20BrN5O. The van der Waals surface area contributed by atoms with Crippen molar-refractivity contribution in [1.82, 2.24) is 20.2 Å². The average molecular weight is 354 g/mol. The number of aryl methyl sites for hydroxylation is 1. The lowest BCUT2D eigenvalue weighted by Crippen LogP contribution is -2.08. The number of anilines is 1. The van der Waals surface area contributed by atoms with Crippen LogP contribution in [0.1, 0.15) is 20.3 Å². The second-order valence-corrected chi connectivity index (χ2v) is 6.24. The molecule has 1 aromatic carbocycles. The molecule has 2 rings (SSSR count). The number of nitrogen functional groups attached to an aromatic ring is 1. The zero-order chi connectivity index (χ0) is 15.2. The first kappa shape index (κ1) is 15.9. The molecule has 0 saturated heterocycles. The van der Waals surface area contributed by atoms with Gasteiger partial charge in [0.25, 0.3) is 0 Å². The largest absolute Gasteiger partial charge is 0.399 e. The quantitative estimate of drug-likeness (QED) is 0.611. The van der Waals surface area contributed by atoms with Gasteiger partial charge in [-0.3, -0.25) is 0 Å². The second kappa shape index (κ2) is 7.51. The molecule has 6 nitrogen and oxygen atoms in total. The van der Waals surface area contributed by atoms with Crippen LogP contribution in [0.25, 0.3) is 11.4 Å². The fourth-order valence-corrected chi connectivity index (χ4v) is 2.45. The summed E-state index contributed by atoms with van der Waals surface area (Å²) in [7, 11) is 0. The van der Waals surface area contributed by atoms with Crippen molar-refractivity contribution in [2.45, 2.75) is 26.8 Å². The molecule has 21 heavy (non-hydrogen) atoms. The summed E-state index contributed by atoms with van der Waals surface area (Å²) in [5.74, 6) is 1.27. The molecule has 2 aromatic rings. The zero-order valence-corrected chi connectivity index (χ0v) is 13.9. The number of tetrazole rings is 1. The smallest absolute Gasteiger partial charge is 0.182 e. The van der Waals surface area contributed by atoms with Crippen LogP contribution in [-0.2, 0) is 11.3 Å². The zero-order valence-electron chi connectivity index (χ0n) is 12.3. The van der Waals surface area contributed by atoms with Crippen molar-refractivity contribution in [2.24, 2.45) is 5.92 Å². The maximum Gasteiger partial charge on any atom is 0.182 e. The van der Waals surface area contributed by atoms with Gasteiger partial charge in [0.2, 0.25) is 0 Å². The summed E-state index contributed by atoms with van der Waals surface area (Å²) < 4.78 is 8.26. The molecule has 0 spiro atoms. The summed E-state index contributed by atoms with van der Waals surface area (Å²) in [6.07, 6.45) is 0.869. The monoisotopic (exact) mass is 353 g/mol. The summed E-state index contributed by atoms with van der Waals surface area (Å²) in [4.78, 5) is 0. The number of nitrogens with zero attached hydrogens (tertiary/aromatic N) is 4. The number of benzene rings is 1. The van der Waals surface area contributed by atoms with Gasteiger partial charge in [0.05, 0.1) is 0 Å². The summed E-state index contributed by atoms with van der Waals surface area (Å²) in [5.41, 5.74) is 7.43. The number of halogens is 1. The molecule has 0 aliphatic heterocycles. The van der Waals surface area contributed by atoms with E-state index in [9.17, 15) is 0 Å². The van der Waals surface area contributed by atoms with Gasteiger partial charge in [-0.2, -0.15) is 0 Å². The van der Waals surface area contributed by atoms with Crippen LogP contribution in [0.4, 0.5) is 5.69 Å². The highest BCUT2D eigenvalue weighted by Gasteiger charge is 2.10. The van der Waals surface area contributed by atoms with Crippen LogP contribution in [0, 0.1) is 5.92 Å². The van der Waals surface area contributed by atoms with Crippen molar-refractivity contribution in [3.05, 3.63) is 22.7 Å². The van der Waals surface area contributed by atoms with Gasteiger partial charge >= 0.3 is 0 Å². The SMILES string of the molecule is CC(C)COCCCn1nnnc1-c1cc(N)cc(Br)c1. The number of hydrogen-bond donors (Lipinski definition) is 1. The van der Waals surface area contributed by atoms with Crippen LogP contribution in [0.5, 0.6) is 0 Å². The fourth-order valence-electron chi connectivity index (χ4n) is 1.94. The third kappa shape index (κ3) is 4.78. The van der Waals surface area contributed by atoms with Gasteiger partial charge in [0, 0.05) is 35.5 Å². The summed E-state index contributed by atoms with van der Waals surface area (Å²) >= 11 is 3.43. The molecule has 0 aliphatic rings. The Morgan fingerprint density at radius 2 is 2.14 bits per heavy atom. The Bertz CT molecular complexity index is 564. The highest BCUT2D eigenvalue weighted by atomic mass is 79.9. The summed E-state index contributed by atoms with van der Waals surface area (Å²) in [6, 6.07) is 5.66. The molecule has 2 N–H and O–H groups in total. The van der Waals surface area contributed by atoms with Crippen LogP contribution < -0.4 is 5.73 Å². The number of nitrogens with two attached hydrogens (primary N) is 1. The Balaban J connectivity index is 1.98. The summed E-state index contributed by atoms with van der Waals surface area (Å²) in [6.45, 7) is 6.48. The van der Waals surface area contributed by atoms with Gasteiger partial charge in [-0.05, 0) is 41.0 Å². The topological polar surface area (TPSA) is 78.8 Å². The first-order valence-corrected chi connectivity index (χ1v) is 7.76. The van der Waals surface area contributed by atoms with E-state index in [0.29, 0.717) is 30.6 Å². The van der Waals surface area contributed by atoms with Gasteiger partial charge in [-0.1, -0.05) is 29.8 Å². The van der Waals surface area contributed by atoms with Crippen molar-refractivity contribution >= 4 is 21.6 Å². The van der Waals surface area contributed by atoms with Gasteiger partial charge in [-0.25, -0.2) is 4.68 Å². The van der Waals surface area contributed by atoms with E-state index in [1.165, 1.54) is 0 Å². The maximum absolute atomic E-state index is 5.86. The van der Waals surface area contributed by atoms with E-state index in [0.717, 1.165) is 23.1 Å². The van der Waals surface area contributed by atoms with E-state index < -0.39 is 0 Å². The normalized spacial score (nSPS) is 11.2. The van der Waals surface area contributed by atoms with Crippen molar-refractivity contribution in [1.29, 1.82) is 0 Å². The predicted octanol–water partition coefficient (Wildman–Crippen LogP) is 2.75. The van der Waals surface area contributed by atoms with Crippen LogP contribution in [0.2, 0.25) is 0 Å². The lowest BCUT2D eigenvalue weighted by atomic mass is 10.2. The maximum atomic E-state index is 5.86. The standard InChI is InChI=1S/C14H20BrN5O/c1-10(2)9-21-5-3-4-20-14(17-18-19-20)11-6-12(15)8-13(16)7-11/h6-8,10H,3-5,9,16H2,1-2H3. The minimum atomic E-state index is 0.554. The molecule has 0 atom stereocenters. The minimum Gasteiger partial charge on any atom is -0.399 e. The number of rotatable bonds is 7. The van der Waals surface area contributed by atoms with Crippen molar-refractivity contribution < 1.29 is 4.74 Å². The highest BCUT2D eigenvalue weighted by molar-refractivity contribution is 9.10. The van der Waals surface area contributed by atoms with Crippen LogP contribution in [0.15, 0.2) is 22.7 Å². The van der Waals surface area contributed by atoms with E-state index in [1.54, 1.807) is 4.68 Å². The van der Waals surface area contributed by atoms with Crippen molar-refractivity contribution in [2.75, 3.05) is 18.9 Å². The van der Waals surface area contributed by atoms with E-state index >= 15 is 0 Å². The molecular weight excluding hydrogens is 334 g/mol. The van der Waals surface area contributed by atoms with E-state index in [-0.39, 0.29) is 0 Å². The molecule has 1 heterocycles. The molecule has 0 saturated carbocycles. The third-order valence-electron chi connectivity index (χ3n) is 2.82. The average Bonchev–Trinajstić information content (AvgIpc) is 2.85. The Hall–Kier alpha value is -1.47. The number of ether oxygens (including phenoxy) is 1. The van der Waals surface area contributed by atoms with Gasteiger partial charge in [0.15, 0.2) is 5.82 Å². The van der Waals surface area contributed by atoms with E-state index in [2.05, 4.69) is 45.3 Å². The third-order valence-corrected chi connectivity index (χ3v) is 3.28. The van der Waals surface area contributed by atoms with Crippen LogP contribution in [-0.4, -0.2) is 33.4 Å². The Morgan fingerprint density at radius 3 is 2.86 bits per heavy atom. The van der Waals surface area contributed by atoms with E-state index in [1.807, 2.05) is 18.2 Å². The Morgan fingerprint density at radius 1 is 1.33 bits per heavy atom. The van der Waals surface area contributed by atoms with Gasteiger partial charge in [0.1, 0.15) is 0 Å². The number of hydrogen-bond acceptors (Lipinski definition) is 5. The molecule has 114 valence electrons. The first-order chi connectivity index (χ1) is 10.1. The first-order valence-electron chi connectivity index (χ1n) is 6.96. The molecule has 1 aromatic heterocycles. The molecule has 0 fully saturated rings.